The number of carbonyl (C=O) groups is 1. The third kappa shape index (κ3) is 2.59. The number of carbonyl (C=O) groups excluding carboxylic acids is 1. The summed E-state index contributed by atoms with van der Waals surface area (Å²) in [5.74, 6) is 0. The van der Waals surface area contributed by atoms with E-state index in [0.717, 1.165) is 44.6 Å². The van der Waals surface area contributed by atoms with E-state index < -0.39 is 0 Å². The number of aryl methyl sites for hydroxylation is 1. The third-order valence-electron chi connectivity index (χ3n) is 4.13. The van der Waals surface area contributed by atoms with Gasteiger partial charge in [0.25, 0.3) is 0 Å². The first kappa shape index (κ1) is 12.5. The SMILES string of the molecule is Cc1ccc2c(c1)CCN(C1CCNCC1)C(=O)N2. The molecule has 0 radical (unpaired) electrons. The van der Waals surface area contributed by atoms with E-state index in [1.807, 2.05) is 11.0 Å². The Morgan fingerprint density at radius 3 is 2.84 bits per heavy atom. The van der Waals surface area contributed by atoms with E-state index >= 15 is 0 Å². The summed E-state index contributed by atoms with van der Waals surface area (Å²) in [6.07, 6.45) is 3.06. The van der Waals surface area contributed by atoms with Gasteiger partial charge in [-0.3, -0.25) is 0 Å². The van der Waals surface area contributed by atoms with Gasteiger partial charge in [0.2, 0.25) is 0 Å². The Kier molecular flexibility index (Phi) is 3.42. The van der Waals surface area contributed by atoms with Gasteiger partial charge in [-0.05, 0) is 50.9 Å². The van der Waals surface area contributed by atoms with Gasteiger partial charge in [0.05, 0.1) is 0 Å². The van der Waals surface area contributed by atoms with E-state index in [4.69, 9.17) is 0 Å². The molecule has 0 unspecified atom stereocenters. The van der Waals surface area contributed by atoms with E-state index in [9.17, 15) is 4.79 Å². The number of fused-ring (bicyclic) bond motifs is 1. The van der Waals surface area contributed by atoms with E-state index in [2.05, 4.69) is 29.7 Å². The van der Waals surface area contributed by atoms with Crippen molar-refractivity contribution in [3.63, 3.8) is 0 Å². The largest absolute Gasteiger partial charge is 0.322 e. The first-order valence-corrected chi connectivity index (χ1v) is 7.12. The first-order valence-electron chi connectivity index (χ1n) is 7.12. The monoisotopic (exact) mass is 259 g/mol. The number of piperidine rings is 1. The van der Waals surface area contributed by atoms with Crippen LogP contribution in [0.5, 0.6) is 0 Å². The normalized spacial score (nSPS) is 20.7. The van der Waals surface area contributed by atoms with Crippen LogP contribution in [0.3, 0.4) is 0 Å². The second kappa shape index (κ2) is 5.21. The molecule has 0 atom stereocenters. The molecular weight excluding hydrogens is 238 g/mol. The summed E-state index contributed by atoms with van der Waals surface area (Å²) >= 11 is 0. The molecule has 1 fully saturated rings. The minimum absolute atomic E-state index is 0.0644. The van der Waals surface area contributed by atoms with E-state index in [-0.39, 0.29) is 6.03 Å². The van der Waals surface area contributed by atoms with Crippen LogP contribution in [0.1, 0.15) is 24.0 Å². The maximum absolute atomic E-state index is 12.4. The van der Waals surface area contributed by atoms with Crippen molar-refractivity contribution in [1.82, 2.24) is 10.2 Å². The van der Waals surface area contributed by atoms with Crippen LogP contribution in [0.4, 0.5) is 10.5 Å². The average molecular weight is 259 g/mol. The number of urea groups is 1. The Labute approximate surface area is 114 Å². The highest BCUT2D eigenvalue weighted by Crippen LogP contribution is 2.24. The molecule has 0 aliphatic carbocycles. The molecule has 0 spiro atoms. The maximum Gasteiger partial charge on any atom is 0.322 e. The topological polar surface area (TPSA) is 44.4 Å². The van der Waals surface area contributed by atoms with Gasteiger partial charge in [-0.1, -0.05) is 17.7 Å². The molecule has 0 bridgehead atoms. The summed E-state index contributed by atoms with van der Waals surface area (Å²) < 4.78 is 0. The molecule has 2 amide bonds. The molecule has 3 rings (SSSR count). The van der Waals surface area contributed by atoms with Crippen LogP contribution in [-0.2, 0) is 6.42 Å². The molecule has 2 N–H and O–H groups in total. The lowest BCUT2D eigenvalue weighted by atomic mass is 10.0. The second-order valence-corrected chi connectivity index (χ2v) is 5.52. The van der Waals surface area contributed by atoms with E-state index in [1.54, 1.807) is 0 Å². The fourth-order valence-corrected chi connectivity index (χ4v) is 3.05. The minimum atomic E-state index is 0.0644. The lowest BCUT2D eigenvalue weighted by molar-refractivity contribution is 0.173. The molecule has 2 aliphatic rings. The van der Waals surface area contributed by atoms with Crippen LogP contribution in [0.2, 0.25) is 0 Å². The highest BCUT2D eigenvalue weighted by atomic mass is 16.2. The van der Waals surface area contributed by atoms with Crippen molar-refractivity contribution < 1.29 is 4.79 Å². The van der Waals surface area contributed by atoms with Gasteiger partial charge in [0.1, 0.15) is 0 Å². The number of nitrogens with one attached hydrogen (secondary N) is 2. The zero-order chi connectivity index (χ0) is 13.2. The summed E-state index contributed by atoms with van der Waals surface area (Å²) in [6.45, 7) is 4.95. The molecule has 102 valence electrons. The molecule has 1 aromatic carbocycles. The molecule has 4 nitrogen and oxygen atoms in total. The van der Waals surface area contributed by atoms with Crippen LogP contribution in [0.15, 0.2) is 18.2 Å². The zero-order valence-corrected chi connectivity index (χ0v) is 11.4. The van der Waals surface area contributed by atoms with Crippen LogP contribution in [0, 0.1) is 6.92 Å². The Morgan fingerprint density at radius 1 is 1.26 bits per heavy atom. The smallest absolute Gasteiger partial charge is 0.321 e. The Morgan fingerprint density at radius 2 is 2.05 bits per heavy atom. The van der Waals surface area contributed by atoms with Gasteiger partial charge < -0.3 is 15.5 Å². The molecule has 2 aliphatic heterocycles. The van der Waals surface area contributed by atoms with Crippen molar-refractivity contribution in [2.75, 3.05) is 25.0 Å². The summed E-state index contributed by atoms with van der Waals surface area (Å²) in [5.41, 5.74) is 3.49. The first-order chi connectivity index (χ1) is 9.24. The number of hydrogen-bond donors (Lipinski definition) is 2. The second-order valence-electron chi connectivity index (χ2n) is 5.52. The predicted molar refractivity (Wildman–Crippen MR) is 76.5 cm³/mol. The maximum atomic E-state index is 12.4. The van der Waals surface area contributed by atoms with Crippen LogP contribution in [0.25, 0.3) is 0 Å². The summed E-state index contributed by atoms with van der Waals surface area (Å²) in [4.78, 5) is 14.4. The fraction of sp³-hybridized carbons (Fsp3) is 0.533. The zero-order valence-electron chi connectivity index (χ0n) is 11.4. The quantitative estimate of drug-likeness (QED) is 0.811. The third-order valence-corrected chi connectivity index (χ3v) is 4.13. The Balaban J connectivity index is 1.79. The average Bonchev–Trinajstić information content (AvgIpc) is 2.58. The molecule has 0 saturated carbocycles. The van der Waals surface area contributed by atoms with Crippen LogP contribution in [-0.4, -0.2) is 36.6 Å². The van der Waals surface area contributed by atoms with Gasteiger partial charge in [0.15, 0.2) is 0 Å². The number of rotatable bonds is 1. The lowest BCUT2D eigenvalue weighted by Gasteiger charge is -2.33. The highest BCUT2D eigenvalue weighted by molar-refractivity contribution is 5.91. The van der Waals surface area contributed by atoms with Gasteiger partial charge in [-0.25, -0.2) is 4.79 Å². The van der Waals surface area contributed by atoms with E-state index in [1.165, 1.54) is 11.1 Å². The van der Waals surface area contributed by atoms with Crippen molar-refractivity contribution in [2.24, 2.45) is 0 Å². The van der Waals surface area contributed by atoms with Gasteiger partial charge in [0, 0.05) is 18.3 Å². The van der Waals surface area contributed by atoms with Crippen molar-refractivity contribution in [2.45, 2.75) is 32.2 Å². The molecule has 2 heterocycles. The molecule has 1 aromatic rings. The molecular formula is C15H21N3O. The van der Waals surface area contributed by atoms with Crippen LogP contribution < -0.4 is 10.6 Å². The summed E-state index contributed by atoms with van der Waals surface area (Å²) in [6, 6.07) is 6.71. The Hall–Kier alpha value is -1.55. The number of hydrogen-bond acceptors (Lipinski definition) is 2. The van der Waals surface area contributed by atoms with Crippen molar-refractivity contribution in [3.8, 4) is 0 Å². The Bertz CT molecular complexity index is 480. The molecule has 0 aromatic heterocycles. The molecule has 19 heavy (non-hydrogen) atoms. The fourth-order valence-electron chi connectivity index (χ4n) is 3.05. The van der Waals surface area contributed by atoms with Crippen molar-refractivity contribution in [3.05, 3.63) is 29.3 Å². The summed E-state index contributed by atoms with van der Waals surface area (Å²) in [5, 5.41) is 6.41. The number of benzene rings is 1. The van der Waals surface area contributed by atoms with Gasteiger partial charge >= 0.3 is 6.03 Å². The van der Waals surface area contributed by atoms with Gasteiger partial charge in [-0.15, -0.1) is 0 Å². The minimum Gasteiger partial charge on any atom is -0.321 e. The molecule has 4 heteroatoms. The van der Waals surface area contributed by atoms with Gasteiger partial charge in [-0.2, -0.15) is 0 Å². The molecule has 1 saturated heterocycles. The summed E-state index contributed by atoms with van der Waals surface area (Å²) in [7, 11) is 0. The standard InChI is InChI=1S/C15H21N3O/c1-11-2-3-14-12(10-11)6-9-18(15(19)17-14)13-4-7-16-8-5-13/h2-3,10,13,16H,4-9H2,1H3,(H,17,19). The van der Waals surface area contributed by atoms with Crippen molar-refractivity contribution in [1.29, 1.82) is 0 Å². The number of amides is 2. The van der Waals surface area contributed by atoms with Crippen molar-refractivity contribution >= 4 is 11.7 Å². The van der Waals surface area contributed by atoms with E-state index in [0.29, 0.717) is 6.04 Å². The number of nitrogens with zero attached hydrogens (tertiary/aromatic N) is 1. The highest BCUT2D eigenvalue weighted by Gasteiger charge is 2.27. The number of anilines is 1. The van der Waals surface area contributed by atoms with Crippen LogP contribution >= 0.6 is 0 Å². The lowest BCUT2D eigenvalue weighted by Crippen LogP contribution is -2.47. The predicted octanol–water partition coefficient (Wildman–Crippen LogP) is 2.14.